The van der Waals surface area contributed by atoms with Gasteiger partial charge in [-0.15, -0.1) is 11.3 Å². The predicted octanol–water partition coefficient (Wildman–Crippen LogP) is 4.12. The quantitative estimate of drug-likeness (QED) is 0.713. The summed E-state index contributed by atoms with van der Waals surface area (Å²) in [5, 5.41) is 10.4. The van der Waals surface area contributed by atoms with E-state index in [1.807, 2.05) is 25.1 Å². The zero-order valence-corrected chi connectivity index (χ0v) is 10.5. The van der Waals surface area contributed by atoms with Gasteiger partial charge in [-0.1, -0.05) is 6.07 Å². The lowest BCUT2D eigenvalue weighted by atomic mass is 10.2. The van der Waals surface area contributed by atoms with Gasteiger partial charge >= 0.3 is 0 Å². The summed E-state index contributed by atoms with van der Waals surface area (Å²) in [6, 6.07) is 9.84. The summed E-state index contributed by atoms with van der Waals surface area (Å²) < 4.78 is 14.3. The summed E-state index contributed by atoms with van der Waals surface area (Å²) in [5.41, 5.74) is 2.46. The Morgan fingerprint density at radius 3 is 2.83 bits per heavy atom. The Bertz CT molecular complexity index is 736. The molecule has 0 spiro atoms. The maximum absolute atomic E-state index is 13.2. The smallest absolute Gasteiger partial charge is 0.128 e. The van der Waals surface area contributed by atoms with Crippen LogP contribution in [0.5, 0.6) is 5.75 Å². The van der Waals surface area contributed by atoms with Crippen molar-refractivity contribution in [3.05, 3.63) is 47.8 Å². The molecule has 1 heterocycles. The van der Waals surface area contributed by atoms with Crippen molar-refractivity contribution >= 4 is 21.6 Å². The molecule has 1 aromatic heterocycles. The molecule has 0 bridgehead atoms. The van der Waals surface area contributed by atoms with Crippen molar-refractivity contribution in [2.45, 2.75) is 6.92 Å². The highest BCUT2D eigenvalue weighted by Crippen LogP contribution is 2.35. The molecule has 2 aromatic carbocycles. The normalized spacial score (nSPS) is 11.0. The molecule has 0 aliphatic carbocycles. The van der Waals surface area contributed by atoms with Crippen molar-refractivity contribution in [3.63, 3.8) is 0 Å². The van der Waals surface area contributed by atoms with Crippen LogP contribution in [0.2, 0.25) is 0 Å². The first-order chi connectivity index (χ1) is 8.63. The highest BCUT2D eigenvalue weighted by Gasteiger charge is 2.11. The molecule has 90 valence electrons. The molecular formula is C14H10FNOS. The van der Waals surface area contributed by atoms with E-state index in [1.54, 1.807) is 0 Å². The molecule has 0 radical (unpaired) electrons. The van der Waals surface area contributed by atoms with Crippen LogP contribution in [-0.2, 0) is 0 Å². The van der Waals surface area contributed by atoms with E-state index in [2.05, 4.69) is 4.98 Å². The number of aromatic nitrogens is 1. The summed E-state index contributed by atoms with van der Waals surface area (Å²) in [6.07, 6.45) is 0. The molecule has 0 fully saturated rings. The van der Waals surface area contributed by atoms with Gasteiger partial charge in [0.25, 0.3) is 0 Å². The number of rotatable bonds is 1. The highest BCUT2D eigenvalue weighted by molar-refractivity contribution is 7.21. The minimum atomic E-state index is -0.377. The molecule has 3 aromatic rings. The monoisotopic (exact) mass is 259 g/mol. The molecule has 0 aliphatic heterocycles. The maximum atomic E-state index is 13.2. The van der Waals surface area contributed by atoms with Gasteiger partial charge in [-0.05, 0) is 42.8 Å². The molecule has 1 N–H and O–H groups in total. The van der Waals surface area contributed by atoms with Gasteiger partial charge in [0, 0.05) is 0 Å². The van der Waals surface area contributed by atoms with Gasteiger partial charge in [-0.2, -0.15) is 0 Å². The lowest BCUT2D eigenvalue weighted by molar-refractivity contribution is 0.475. The van der Waals surface area contributed by atoms with E-state index in [-0.39, 0.29) is 11.6 Å². The van der Waals surface area contributed by atoms with Crippen molar-refractivity contribution in [2.75, 3.05) is 0 Å². The number of nitrogens with zero attached hydrogens (tertiary/aromatic N) is 1. The second-order valence-electron chi connectivity index (χ2n) is 4.15. The van der Waals surface area contributed by atoms with Crippen molar-refractivity contribution < 1.29 is 9.50 Å². The second kappa shape index (κ2) is 4.07. The van der Waals surface area contributed by atoms with Crippen LogP contribution in [0, 0.1) is 12.7 Å². The molecular weight excluding hydrogens is 249 g/mol. The lowest BCUT2D eigenvalue weighted by Crippen LogP contribution is -1.80. The zero-order valence-electron chi connectivity index (χ0n) is 9.64. The SMILES string of the molecule is Cc1ccc2nc(-c3cc(F)ccc3O)sc2c1. The summed E-state index contributed by atoms with van der Waals surface area (Å²) in [5.74, 6) is -0.328. The number of aryl methyl sites for hydroxylation is 1. The van der Waals surface area contributed by atoms with Crippen molar-refractivity contribution in [1.82, 2.24) is 4.98 Å². The Morgan fingerprint density at radius 2 is 2.00 bits per heavy atom. The first-order valence-electron chi connectivity index (χ1n) is 5.49. The van der Waals surface area contributed by atoms with Crippen molar-refractivity contribution in [2.24, 2.45) is 0 Å². The molecule has 2 nitrogen and oxygen atoms in total. The van der Waals surface area contributed by atoms with E-state index in [1.165, 1.54) is 29.5 Å². The average Bonchev–Trinajstić information content (AvgIpc) is 2.74. The van der Waals surface area contributed by atoms with Crippen molar-refractivity contribution in [3.8, 4) is 16.3 Å². The van der Waals surface area contributed by atoms with Gasteiger partial charge < -0.3 is 5.11 Å². The third-order valence-electron chi connectivity index (χ3n) is 2.73. The van der Waals surface area contributed by atoms with E-state index in [0.717, 1.165) is 15.8 Å². The van der Waals surface area contributed by atoms with Gasteiger partial charge in [-0.25, -0.2) is 9.37 Å². The predicted molar refractivity (Wildman–Crippen MR) is 71.4 cm³/mol. The zero-order chi connectivity index (χ0) is 12.7. The number of hydrogen-bond donors (Lipinski definition) is 1. The fourth-order valence-corrected chi connectivity index (χ4v) is 2.92. The molecule has 0 saturated carbocycles. The molecule has 0 atom stereocenters. The topological polar surface area (TPSA) is 33.1 Å². The minimum absolute atomic E-state index is 0.0483. The number of aromatic hydroxyl groups is 1. The summed E-state index contributed by atoms with van der Waals surface area (Å²) in [7, 11) is 0. The van der Waals surface area contributed by atoms with E-state index >= 15 is 0 Å². The summed E-state index contributed by atoms with van der Waals surface area (Å²) >= 11 is 1.45. The molecule has 0 unspecified atom stereocenters. The van der Waals surface area contributed by atoms with Crippen LogP contribution in [0.1, 0.15) is 5.56 Å². The van der Waals surface area contributed by atoms with E-state index in [4.69, 9.17) is 0 Å². The van der Waals surface area contributed by atoms with Crippen molar-refractivity contribution in [1.29, 1.82) is 0 Å². The fourth-order valence-electron chi connectivity index (χ4n) is 1.83. The first-order valence-corrected chi connectivity index (χ1v) is 6.31. The van der Waals surface area contributed by atoms with Crippen LogP contribution < -0.4 is 0 Å². The van der Waals surface area contributed by atoms with Gasteiger partial charge in [0.1, 0.15) is 16.6 Å². The van der Waals surface area contributed by atoms with Gasteiger partial charge in [-0.3, -0.25) is 0 Å². The summed E-state index contributed by atoms with van der Waals surface area (Å²) in [6.45, 7) is 2.01. The van der Waals surface area contributed by atoms with E-state index in [9.17, 15) is 9.50 Å². The van der Waals surface area contributed by atoms with Crippen LogP contribution in [0.25, 0.3) is 20.8 Å². The molecule has 0 saturated heterocycles. The average molecular weight is 259 g/mol. The van der Waals surface area contributed by atoms with Crippen LogP contribution in [-0.4, -0.2) is 10.1 Å². The Kier molecular flexibility index (Phi) is 2.52. The molecule has 18 heavy (non-hydrogen) atoms. The number of thiazole rings is 1. The lowest BCUT2D eigenvalue weighted by Gasteiger charge is -1.99. The Morgan fingerprint density at radius 1 is 1.17 bits per heavy atom. The Labute approximate surface area is 107 Å². The number of fused-ring (bicyclic) bond motifs is 1. The maximum Gasteiger partial charge on any atom is 0.128 e. The largest absolute Gasteiger partial charge is 0.507 e. The van der Waals surface area contributed by atoms with Gasteiger partial charge in [0.15, 0.2) is 0 Å². The molecule has 0 aliphatic rings. The van der Waals surface area contributed by atoms with Crippen LogP contribution in [0.15, 0.2) is 36.4 Å². The van der Waals surface area contributed by atoms with Gasteiger partial charge in [0.05, 0.1) is 15.8 Å². The Balaban J connectivity index is 2.22. The van der Waals surface area contributed by atoms with E-state index < -0.39 is 0 Å². The number of phenols is 1. The number of phenolic OH excluding ortho intramolecular Hbond substituents is 1. The second-order valence-corrected chi connectivity index (χ2v) is 5.18. The molecule has 4 heteroatoms. The molecule has 0 amide bonds. The summed E-state index contributed by atoms with van der Waals surface area (Å²) in [4.78, 5) is 4.42. The van der Waals surface area contributed by atoms with Crippen LogP contribution in [0.4, 0.5) is 4.39 Å². The molecule has 3 rings (SSSR count). The fraction of sp³-hybridized carbons (Fsp3) is 0.0714. The number of hydrogen-bond acceptors (Lipinski definition) is 3. The van der Waals surface area contributed by atoms with Crippen LogP contribution in [0.3, 0.4) is 0 Å². The third kappa shape index (κ3) is 1.84. The third-order valence-corrected chi connectivity index (χ3v) is 3.78. The van der Waals surface area contributed by atoms with Gasteiger partial charge in [0.2, 0.25) is 0 Å². The van der Waals surface area contributed by atoms with E-state index in [0.29, 0.717) is 10.6 Å². The number of halogens is 1. The number of benzene rings is 2. The minimum Gasteiger partial charge on any atom is -0.507 e. The van der Waals surface area contributed by atoms with Crippen LogP contribution >= 0.6 is 11.3 Å². The first kappa shape index (κ1) is 11.2. The highest BCUT2D eigenvalue weighted by atomic mass is 32.1. The standard InChI is InChI=1S/C14H10FNOS/c1-8-2-4-11-13(6-8)18-14(16-11)10-7-9(15)3-5-12(10)17/h2-7,17H,1H3. The Hall–Kier alpha value is -1.94.